The van der Waals surface area contributed by atoms with E-state index in [4.69, 9.17) is 0 Å². The second kappa shape index (κ2) is 5.67. The van der Waals surface area contributed by atoms with E-state index in [0.717, 1.165) is 23.9 Å². The first-order valence-corrected chi connectivity index (χ1v) is 6.32. The molecule has 0 bridgehead atoms. The van der Waals surface area contributed by atoms with E-state index in [-0.39, 0.29) is 0 Å². The molecule has 0 amide bonds. The topological polar surface area (TPSA) is 42.7 Å². The number of rotatable bonds is 5. The molecule has 2 heterocycles. The van der Waals surface area contributed by atoms with Gasteiger partial charge in [-0.2, -0.15) is 0 Å². The second-order valence-corrected chi connectivity index (χ2v) is 4.93. The highest BCUT2D eigenvalue weighted by atomic mass is 15.2. The summed E-state index contributed by atoms with van der Waals surface area (Å²) in [7, 11) is 0. The smallest absolute Gasteiger partial charge is 0.203 e. The fraction of sp³-hybridized carbons (Fsp3) is 0.429. The van der Waals surface area contributed by atoms with E-state index in [0.29, 0.717) is 12.5 Å². The van der Waals surface area contributed by atoms with Gasteiger partial charge in [-0.1, -0.05) is 19.9 Å². The van der Waals surface area contributed by atoms with Crippen molar-refractivity contribution in [1.82, 2.24) is 14.5 Å². The van der Waals surface area contributed by atoms with E-state index in [2.05, 4.69) is 39.9 Å². The summed E-state index contributed by atoms with van der Waals surface area (Å²) < 4.78 is 2.17. The van der Waals surface area contributed by atoms with Crippen molar-refractivity contribution in [2.75, 3.05) is 5.32 Å². The van der Waals surface area contributed by atoms with Crippen LogP contribution in [0.25, 0.3) is 0 Å². The Hall–Kier alpha value is -1.84. The standard InChI is InChI=1S/C14H20N4/c1-11(2)9-18-10-12(3)17-14(18)16-8-13-6-4-5-7-15-13/h4-7,10-11H,8-9H2,1-3H3,(H,16,17). The molecule has 0 fully saturated rings. The summed E-state index contributed by atoms with van der Waals surface area (Å²) in [6, 6.07) is 5.93. The van der Waals surface area contributed by atoms with Crippen molar-refractivity contribution in [1.29, 1.82) is 0 Å². The Morgan fingerprint density at radius 3 is 2.83 bits per heavy atom. The molecule has 0 spiro atoms. The Morgan fingerprint density at radius 2 is 2.17 bits per heavy atom. The normalized spacial score (nSPS) is 10.9. The van der Waals surface area contributed by atoms with Gasteiger partial charge in [-0.3, -0.25) is 4.98 Å². The molecular weight excluding hydrogens is 224 g/mol. The molecule has 4 nitrogen and oxygen atoms in total. The molecule has 0 radical (unpaired) electrons. The minimum atomic E-state index is 0.606. The Balaban J connectivity index is 2.04. The first-order valence-electron chi connectivity index (χ1n) is 6.32. The lowest BCUT2D eigenvalue weighted by Crippen LogP contribution is -2.10. The summed E-state index contributed by atoms with van der Waals surface area (Å²) in [6.07, 6.45) is 3.89. The van der Waals surface area contributed by atoms with E-state index >= 15 is 0 Å². The number of nitrogens with zero attached hydrogens (tertiary/aromatic N) is 3. The van der Waals surface area contributed by atoms with Crippen molar-refractivity contribution in [3.63, 3.8) is 0 Å². The molecule has 0 unspecified atom stereocenters. The summed E-state index contributed by atoms with van der Waals surface area (Å²) in [4.78, 5) is 8.79. The van der Waals surface area contributed by atoms with E-state index < -0.39 is 0 Å². The van der Waals surface area contributed by atoms with E-state index in [1.165, 1.54) is 0 Å². The molecule has 4 heteroatoms. The predicted octanol–water partition coefficient (Wildman–Crippen LogP) is 2.85. The monoisotopic (exact) mass is 244 g/mol. The van der Waals surface area contributed by atoms with Gasteiger partial charge in [0.05, 0.1) is 17.9 Å². The number of pyridine rings is 1. The maximum atomic E-state index is 4.50. The highest BCUT2D eigenvalue weighted by Crippen LogP contribution is 2.12. The lowest BCUT2D eigenvalue weighted by molar-refractivity contribution is 0.526. The van der Waals surface area contributed by atoms with Crippen molar-refractivity contribution in [3.8, 4) is 0 Å². The third-order valence-corrected chi connectivity index (χ3v) is 2.61. The first kappa shape index (κ1) is 12.6. The average molecular weight is 244 g/mol. The fourth-order valence-corrected chi connectivity index (χ4v) is 1.89. The van der Waals surface area contributed by atoms with Crippen molar-refractivity contribution in [3.05, 3.63) is 42.0 Å². The maximum Gasteiger partial charge on any atom is 0.203 e. The highest BCUT2D eigenvalue weighted by molar-refractivity contribution is 5.29. The maximum absolute atomic E-state index is 4.50. The fourth-order valence-electron chi connectivity index (χ4n) is 1.89. The number of imidazole rings is 1. The van der Waals surface area contributed by atoms with Gasteiger partial charge < -0.3 is 9.88 Å². The quantitative estimate of drug-likeness (QED) is 0.879. The minimum absolute atomic E-state index is 0.606. The van der Waals surface area contributed by atoms with Gasteiger partial charge in [0.1, 0.15) is 0 Å². The number of nitrogens with one attached hydrogen (secondary N) is 1. The molecule has 0 aliphatic rings. The van der Waals surface area contributed by atoms with Crippen LogP contribution in [0, 0.1) is 12.8 Å². The molecule has 0 saturated carbocycles. The summed E-state index contributed by atoms with van der Waals surface area (Å²) in [5.74, 6) is 1.53. The molecular formula is C14H20N4. The van der Waals surface area contributed by atoms with Crippen LogP contribution in [-0.4, -0.2) is 14.5 Å². The van der Waals surface area contributed by atoms with Gasteiger partial charge in [0.25, 0.3) is 0 Å². The van der Waals surface area contributed by atoms with E-state index in [1.807, 2.05) is 31.3 Å². The lowest BCUT2D eigenvalue weighted by atomic mass is 10.2. The van der Waals surface area contributed by atoms with Crippen LogP contribution < -0.4 is 5.32 Å². The van der Waals surface area contributed by atoms with Gasteiger partial charge in [0.15, 0.2) is 0 Å². The van der Waals surface area contributed by atoms with Crippen LogP contribution in [0.1, 0.15) is 25.2 Å². The van der Waals surface area contributed by atoms with Crippen molar-refractivity contribution >= 4 is 5.95 Å². The Labute approximate surface area is 108 Å². The molecule has 0 saturated heterocycles. The molecule has 0 aliphatic carbocycles. The van der Waals surface area contributed by atoms with Crippen molar-refractivity contribution < 1.29 is 0 Å². The Kier molecular flexibility index (Phi) is 3.97. The van der Waals surface area contributed by atoms with Crippen LogP contribution in [0.15, 0.2) is 30.6 Å². The predicted molar refractivity (Wildman–Crippen MR) is 73.4 cm³/mol. The molecule has 0 aliphatic heterocycles. The summed E-state index contributed by atoms with van der Waals surface area (Å²) in [5, 5.41) is 3.35. The second-order valence-electron chi connectivity index (χ2n) is 4.93. The summed E-state index contributed by atoms with van der Waals surface area (Å²) in [5.41, 5.74) is 2.06. The van der Waals surface area contributed by atoms with Crippen LogP contribution in [0.5, 0.6) is 0 Å². The van der Waals surface area contributed by atoms with Crippen LogP contribution in [0.2, 0.25) is 0 Å². The summed E-state index contributed by atoms with van der Waals surface area (Å²) >= 11 is 0. The van der Waals surface area contributed by atoms with Gasteiger partial charge in [0.2, 0.25) is 5.95 Å². The number of anilines is 1. The average Bonchev–Trinajstić information content (AvgIpc) is 2.67. The van der Waals surface area contributed by atoms with Gasteiger partial charge in [0, 0.05) is 18.9 Å². The van der Waals surface area contributed by atoms with Crippen LogP contribution in [0.3, 0.4) is 0 Å². The number of hydrogen-bond acceptors (Lipinski definition) is 3. The molecule has 1 N–H and O–H groups in total. The van der Waals surface area contributed by atoms with Crippen molar-refractivity contribution in [2.45, 2.75) is 33.9 Å². The van der Waals surface area contributed by atoms with E-state index in [9.17, 15) is 0 Å². The zero-order valence-electron chi connectivity index (χ0n) is 11.2. The van der Waals surface area contributed by atoms with Gasteiger partial charge in [-0.15, -0.1) is 0 Å². The molecule has 2 rings (SSSR count). The van der Waals surface area contributed by atoms with E-state index in [1.54, 1.807) is 0 Å². The minimum Gasteiger partial charge on any atom is -0.350 e. The van der Waals surface area contributed by atoms with Gasteiger partial charge in [-0.25, -0.2) is 4.98 Å². The number of aromatic nitrogens is 3. The molecule has 18 heavy (non-hydrogen) atoms. The molecule has 2 aromatic rings. The Bertz CT molecular complexity index is 488. The zero-order valence-corrected chi connectivity index (χ0v) is 11.2. The lowest BCUT2D eigenvalue weighted by Gasteiger charge is -2.11. The highest BCUT2D eigenvalue weighted by Gasteiger charge is 2.06. The first-order chi connectivity index (χ1) is 8.65. The SMILES string of the molecule is Cc1cn(CC(C)C)c(NCc2ccccn2)n1. The van der Waals surface area contributed by atoms with Gasteiger partial charge >= 0.3 is 0 Å². The van der Waals surface area contributed by atoms with Crippen molar-refractivity contribution in [2.24, 2.45) is 5.92 Å². The summed E-state index contributed by atoms with van der Waals surface area (Å²) in [6.45, 7) is 8.11. The van der Waals surface area contributed by atoms with Crippen LogP contribution in [-0.2, 0) is 13.1 Å². The molecule has 2 aromatic heterocycles. The molecule has 0 aromatic carbocycles. The third-order valence-electron chi connectivity index (χ3n) is 2.61. The van der Waals surface area contributed by atoms with Gasteiger partial charge in [-0.05, 0) is 25.0 Å². The largest absolute Gasteiger partial charge is 0.350 e. The number of aryl methyl sites for hydroxylation is 1. The van der Waals surface area contributed by atoms with Crippen LogP contribution in [0.4, 0.5) is 5.95 Å². The zero-order chi connectivity index (χ0) is 13.0. The van der Waals surface area contributed by atoms with Crippen LogP contribution >= 0.6 is 0 Å². The molecule has 0 atom stereocenters. The Morgan fingerprint density at radius 1 is 1.33 bits per heavy atom. The number of hydrogen-bond donors (Lipinski definition) is 1. The molecule has 96 valence electrons. The third kappa shape index (κ3) is 3.32.